The van der Waals surface area contributed by atoms with Gasteiger partial charge in [-0.25, -0.2) is 13.1 Å². The zero-order valence-electron chi connectivity index (χ0n) is 9.26. The van der Waals surface area contributed by atoms with Crippen LogP contribution in [-0.2, 0) is 16.6 Å². The fraction of sp³-hybridized carbons (Fsp3) is 0.0909. The Labute approximate surface area is 118 Å². The Hall–Kier alpha value is -0.890. The van der Waals surface area contributed by atoms with Gasteiger partial charge in [-0.1, -0.05) is 18.2 Å². The molecule has 0 amide bonds. The van der Waals surface area contributed by atoms with Gasteiger partial charge >= 0.3 is 0 Å². The quantitative estimate of drug-likeness (QED) is 0.835. The minimum Gasteiger partial charge on any atom is -0.398 e. The van der Waals surface area contributed by atoms with Crippen LogP contribution in [0.25, 0.3) is 0 Å². The summed E-state index contributed by atoms with van der Waals surface area (Å²) < 4.78 is 27.5. The van der Waals surface area contributed by atoms with Gasteiger partial charge in [-0.15, -0.1) is 11.3 Å². The standard InChI is InChI=1S/C11H11BrN2O2S2/c12-10-5-6-11(17-10)18(15,16)14-7-8-3-1-2-4-9(8)13/h1-6,14H,7,13H2. The number of nitrogens with one attached hydrogen (secondary N) is 1. The van der Waals surface area contributed by atoms with Crippen LogP contribution >= 0.6 is 27.3 Å². The van der Waals surface area contributed by atoms with Crippen LogP contribution in [0.5, 0.6) is 0 Å². The summed E-state index contributed by atoms with van der Waals surface area (Å²) in [6.07, 6.45) is 0. The zero-order valence-corrected chi connectivity index (χ0v) is 12.5. The summed E-state index contributed by atoms with van der Waals surface area (Å²) in [5.74, 6) is 0. The second-order valence-corrected chi connectivity index (χ2v) is 8.04. The van der Waals surface area contributed by atoms with Gasteiger partial charge in [0.05, 0.1) is 3.79 Å². The van der Waals surface area contributed by atoms with E-state index in [4.69, 9.17) is 5.73 Å². The van der Waals surface area contributed by atoms with Crippen molar-refractivity contribution < 1.29 is 8.42 Å². The van der Waals surface area contributed by atoms with E-state index < -0.39 is 10.0 Å². The molecular formula is C11H11BrN2O2S2. The van der Waals surface area contributed by atoms with Crippen molar-refractivity contribution in [1.29, 1.82) is 0 Å². The summed E-state index contributed by atoms with van der Waals surface area (Å²) in [7, 11) is -3.47. The maximum absolute atomic E-state index is 12.0. The number of halogens is 1. The van der Waals surface area contributed by atoms with E-state index >= 15 is 0 Å². The van der Waals surface area contributed by atoms with Crippen LogP contribution in [-0.4, -0.2) is 8.42 Å². The van der Waals surface area contributed by atoms with Crippen molar-refractivity contribution in [2.24, 2.45) is 0 Å². The third-order valence-electron chi connectivity index (χ3n) is 2.32. The molecule has 7 heteroatoms. The summed E-state index contributed by atoms with van der Waals surface area (Å²) >= 11 is 4.41. The molecule has 0 bridgehead atoms. The molecule has 3 N–H and O–H groups in total. The molecule has 0 unspecified atom stereocenters. The number of rotatable bonds is 4. The van der Waals surface area contributed by atoms with Crippen LogP contribution in [0.4, 0.5) is 5.69 Å². The number of nitrogens with two attached hydrogens (primary N) is 1. The molecule has 0 spiro atoms. The lowest BCUT2D eigenvalue weighted by Crippen LogP contribution is -2.22. The van der Waals surface area contributed by atoms with E-state index in [0.717, 1.165) is 9.35 Å². The molecule has 0 radical (unpaired) electrons. The molecule has 0 atom stereocenters. The molecule has 0 aliphatic heterocycles. The van der Waals surface area contributed by atoms with Crippen LogP contribution in [0.3, 0.4) is 0 Å². The van der Waals surface area contributed by atoms with Gasteiger partial charge < -0.3 is 5.73 Å². The summed E-state index contributed by atoms with van der Waals surface area (Å²) in [5, 5.41) is 0. The highest BCUT2D eigenvalue weighted by Gasteiger charge is 2.16. The minimum absolute atomic E-state index is 0.185. The third kappa shape index (κ3) is 3.11. The van der Waals surface area contributed by atoms with Gasteiger partial charge in [-0.2, -0.15) is 0 Å². The van der Waals surface area contributed by atoms with Gasteiger partial charge in [0.15, 0.2) is 0 Å². The first-order valence-corrected chi connectivity index (χ1v) is 8.17. The van der Waals surface area contributed by atoms with Crippen molar-refractivity contribution in [2.45, 2.75) is 10.8 Å². The van der Waals surface area contributed by atoms with E-state index in [1.54, 1.807) is 24.3 Å². The Bertz CT molecular complexity index is 653. The smallest absolute Gasteiger partial charge is 0.250 e. The summed E-state index contributed by atoms with van der Waals surface area (Å²) in [4.78, 5) is 0. The fourth-order valence-electron chi connectivity index (χ4n) is 1.38. The number of benzene rings is 1. The molecule has 1 aromatic carbocycles. The Kier molecular flexibility index (Phi) is 4.06. The molecule has 96 valence electrons. The number of hydrogen-bond acceptors (Lipinski definition) is 4. The molecule has 2 aromatic rings. The van der Waals surface area contributed by atoms with E-state index in [1.807, 2.05) is 12.1 Å². The van der Waals surface area contributed by atoms with Crippen molar-refractivity contribution in [3.63, 3.8) is 0 Å². The van der Waals surface area contributed by atoms with E-state index in [1.165, 1.54) is 11.3 Å². The van der Waals surface area contributed by atoms with Gasteiger partial charge in [0, 0.05) is 12.2 Å². The van der Waals surface area contributed by atoms with Crippen molar-refractivity contribution in [3.8, 4) is 0 Å². The Balaban J connectivity index is 2.13. The Morgan fingerprint density at radius 3 is 2.56 bits per heavy atom. The SMILES string of the molecule is Nc1ccccc1CNS(=O)(=O)c1ccc(Br)s1. The second kappa shape index (κ2) is 5.40. The topological polar surface area (TPSA) is 72.2 Å². The number of hydrogen-bond donors (Lipinski definition) is 2. The van der Waals surface area contributed by atoms with Crippen LogP contribution in [0.1, 0.15) is 5.56 Å². The van der Waals surface area contributed by atoms with Crippen LogP contribution in [0.2, 0.25) is 0 Å². The molecule has 0 saturated carbocycles. The van der Waals surface area contributed by atoms with Gasteiger partial charge in [0.1, 0.15) is 4.21 Å². The number of thiophene rings is 1. The number of sulfonamides is 1. The largest absolute Gasteiger partial charge is 0.398 e. The Morgan fingerprint density at radius 2 is 1.94 bits per heavy atom. The number of nitrogen functional groups attached to an aromatic ring is 1. The van der Waals surface area contributed by atoms with Crippen LogP contribution in [0, 0.1) is 0 Å². The molecule has 0 aliphatic carbocycles. The van der Waals surface area contributed by atoms with Gasteiger partial charge in [-0.3, -0.25) is 0 Å². The van der Waals surface area contributed by atoms with Gasteiger partial charge in [0.2, 0.25) is 10.0 Å². The maximum atomic E-state index is 12.0. The fourth-order valence-corrected chi connectivity index (χ4v) is 4.44. The first kappa shape index (κ1) is 13.5. The summed E-state index contributed by atoms with van der Waals surface area (Å²) in [6.45, 7) is 0.185. The maximum Gasteiger partial charge on any atom is 0.250 e. The van der Waals surface area contributed by atoms with Crippen molar-refractivity contribution >= 4 is 43.0 Å². The van der Waals surface area contributed by atoms with E-state index in [0.29, 0.717) is 5.69 Å². The molecule has 4 nitrogen and oxygen atoms in total. The minimum atomic E-state index is -3.47. The highest BCUT2D eigenvalue weighted by molar-refractivity contribution is 9.11. The molecule has 0 fully saturated rings. The van der Waals surface area contributed by atoms with Crippen LogP contribution in [0.15, 0.2) is 44.4 Å². The average Bonchev–Trinajstić information content (AvgIpc) is 2.76. The van der Waals surface area contributed by atoms with Crippen LogP contribution < -0.4 is 10.5 Å². The lowest BCUT2D eigenvalue weighted by molar-refractivity contribution is 0.583. The molecule has 18 heavy (non-hydrogen) atoms. The number of anilines is 1. The van der Waals surface area contributed by atoms with Crippen molar-refractivity contribution in [1.82, 2.24) is 4.72 Å². The lowest BCUT2D eigenvalue weighted by atomic mass is 10.2. The first-order valence-electron chi connectivity index (χ1n) is 5.07. The third-order valence-corrected chi connectivity index (χ3v) is 5.84. The Morgan fingerprint density at radius 1 is 1.22 bits per heavy atom. The second-order valence-electron chi connectivity index (χ2n) is 3.58. The number of para-hydroxylation sites is 1. The van der Waals surface area contributed by atoms with Gasteiger partial charge in [0.25, 0.3) is 0 Å². The first-order chi connectivity index (χ1) is 8.49. The summed E-state index contributed by atoms with van der Waals surface area (Å²) in [6, 6.07) is 10.4. The van der Waals surface area contributed by atoms with E-state index in [2.05, 4.69) is 20.7 Å². The zero-order chi connectivity index (χ0) is 13.2. The highest BCUT2D eigenvalue weighted by atomic mass is 79.9. The molecule has 2 rings (SSSR count). The molecule has 1 aromatic heterocycles. The normalized spacial score (nSPS) is 11.6. The van der Waals surface area contributed by atoms with Crippen molar-refractivity contribution in [3.05, 3.63) is 45.7 Å². The molecular weight excluding hydrogens is 336 g/mol. The molecule has 1 heterocycles. The van der Waals surface area contributed by atoms with Crippen molar-refractivity contribution in [2.75, 3.05) is 5.73 Å². The average molecular weight is 347 g/mol. The monoisotopic (exact) mass is 346 g/mol. The predicted octanol–water partition coefficient (Wildman–Crippen LogP) is 2.57. The molecule has 0 aliphatic rings. The van der Waals surface area contributed by atoms with E-state index in [-0.39, 0.29) is 10.8 Å². The van der Waals surface area contributed by atoms with Gasteiger partial charge in [-0.05, 0) is 39.7 Å². The highest BCUT2D eigenvalue weighted by Crippen LogP contribution is 2.26. The predicted molar refractivity (Wildman–Crippen MR) is 76.9 cm³/mol. The van der Waals surface area contributed by atoms with E-state index in [9.17, 15) is 8.42 Å². The lowest BCUT2D eigenvalue weighted by Gasteiger charge is -2.07. The molecule has 0 saturated heterocycles. The summed E-state index contributed by atoms with van der Waals surface area (Å²) in [5.41, 5.74) is 7.09.